The van der Waals surface area contributed by atoms with Gasteiger partial charge in [-0.05, 0) is 26.4 Å². The molecule has 0 saturated heterocycles. The highest BCUT2D eigenvalue weighted by molar-refractivity contribution is 5.91. The maximum Gasteiger partial charge on any atom is 0.240 e. The number of hydrogen-bond donors (Lipinski definition) is 1. The van der Waals surface area contributed by atoms with Crippen LogP contribution >= 0.6 is 0 Å². The Labute approximate surface area is 133 Å². The van der Waals surface area contributed by atoms with Crippen molar-refractivity contribution in [3.63, 3.8) is 0 Å². The largest absolute Gasteiger partial charge is 0.381 e. The first-order valence-corrected chi connectivity index (χ1v) is 8.17. The molecular formula is C16H29N3O3. The fourth-order valence-corrected chi connectivity index (χ4v) is 2.12. The van der Waals surface area contributed by atoms with E-state index in [1.165, 1.54) is 0 Å². The monoisotopic (exact) mass is 311 g/mol. The van der Waals surface area contributed by atoms with Crippen LogP contribution in [0.4, 0.5) is 5.88 Å². The fourth-order valence-electron chi connectivity index (χ4n) is 2.12. The number of aryl methyl sites for hydroxylation is 1. The second-order valence-electron chi connectivity index (χ2n) is 5.30. The topological polar surface area (TPSA) is 67.6 Å². The molecule has 0 bridgehead atoms. The Morgan fingerprint density at radius 2 is 2.00 bits per heavy atom. The zero-order valence-corrected chi connectivity index (χ0v) is 14.3. The molecule has 1 N–H and O–H groups in total. The number of rotatable bonds is 11. The molecule has 0 unspecified atom stereocenters. The van der Waals surface area contributed by atoms with Crippen LogP contribution in [0.25, 0.3) is 0 Å². The van der Waals surface area contributed by atoms with Crippen LogP contribution < -0.4 is 5.32 Å². The highest BCUT2D eigenvalue weighted by atomic mass is 16.5. The Morgan fingerprint density at radius 1 is 1.27 bits per heavy atom. The fraction of sp³-hybridized carbons (Fsp3) is 0.750. The number of unbranched alkanes of at least 4 members (excludes halogenated alkanes) is 1. The Kier molecular flexibility index (Phi) is 8.77. The molecule has 1 amide bonds. The summed E-state index contributed by atoms with van der Waals surface area (Å²) in [6.07, 6.45) is 2.88. The van der Waals surface area contributed by atoms with Crippen LogP contribution in [0, 0.1) is 6.92 Å². The van der Waals surface area contributed by atoms with Gasteiger partial charge in [-0.1, -0.05) is 32.3 Å². The first-order chi connectivity index (χ1) is 10.6. The lowest BCUT2D eigenvalue weighted by Gasteiger charge is -2.16. The summed E-state index contributed by atoms with van der Waals surface area (Å²) in [5.41, 5.74) is 1.72. The first-order valence-electron chi connectivity index (χ1n) is 8.17. The van der Waals surface area contributed by atoms with Gasteiger partial charge in [0, 0.05) is 18.6 Å². The summed E-state index contributed by atoms with van der Waals surface area (Å²) in [5, 5.41) is 6.76. The van der Waals surface area contributed by atoms with Crippen molar-refractivity contribution in [1.82, 2.24) is 10.1 Å². The van der Waals surface area contributed by atoms with Crippen molar-refractivity contribution in [2.45, 2.75) is 47.0 Å². The second-order valence-corrected chi connectivity index (χ2v) is 5.30. The van der Waals surface area contributed by atoms with Crippen molar-refractivity contribution >= 4 is 11.8 Å². The first kappa shape index (κ1) is 18.6. The molecule has 0 aromatic carbocycles. The smallest absolute Gasteiger partial charge is 0.240 e. The number of anilines is 1. The number of likely N-dealkylation sites (N-methyl/N-ethyl adjacent to an activating group) is 1. The summed E-state index contributed by atoms with van der Waals surface area (Å²) >= 11 is 0. The average molecular weight is 311 g/mol. The van der Waals surface area contributed by atoms with Crippen molar-refractivity contribution in [3.8, 4) is 0 Å². The Bertz CT molecular complexity index is 442. The number of nitrogens with one attached hydrogen (secondary N) is 1. The molecule has 1 aromatic heterocycles. The van der Waals surface area contributed by atoms with E-state index in [4.69, 9.17) is 9.26 Å². The predicted octanol–water partition coefficient (Wildman–Crippen LogP) is 2.62. The van der Waals surface area contributed by atoms with Crippen molar-refractivity contribution in [1.29, 1.82) is 0 Å². The van der Waals surface area contributed by atoms with Gasteiger partial charge in [0.05, 0.1) is 18.8 Å². The molecule has 6 heteroatoms. The van der Waals surface area contributed by atoms with Gasteiger partial charge in [0.1, 0.15) is 0 Å². The average Bonchev–Trinajstić information content (AvgIpc) is 2.85. The molecule has 1 heterocycles. The van der Waals surface area contributed by atoms with Gasteiger partial charge in [-0.3, -0.25) is 15.0 Å². The van der Waals surface area contributed by atoms with Crippen molar-refractivity contribution < 1.29 is 14.1 Å². The van der Waals surface area contributed by atoms with Crippen LogP contribution in [0.15, 0.2) is 4.52 Å². The summed E-state index contributed by atoms with van der Waals surface area (Å²) in [5.74, 6) is 0.377. The van der Waals surface area contributed by atoms with E-state index in [0.717, 1.165) is 43.8 Å². The maximum absolute atomic E-state index is 12.0. The molecule has 0 aliphatic rings. The van der Waals surface area contributed by atoms with Gasteiger partial charge in [-0.15, -0.1) is 0 Å². The highest BCUT2D eigenvalue weighted by Crippen LogP contribution is 2.20. The van der Waals surface area contributed by atoms with Crippen LogP contribution in [-0.2, 0) is 16.0 Å². The number of hydrogen-bond acceptors (Lipinski definition) is 5. The van der Waals surface area contributed by atoms with Gasteiger partial charge in [0.2, 0.25) is 11.8 Å². The number of carbonyl (C=O) groups excluding carboxylic acids is 1. The molecular weight excluding hydrogens is 282 g/mol. The lowest BCUT2D eigenvalue weighted by Crippen LogP contribution is -2.33. The van der Waals surface area contributed by atoms with E-state index < -0.39 is 0 Å². The SMILES string of the molecule is CCCCOCCc1c(C)noc1NC(=O)CN(CC)CC. The van der Waals surface area contributed by atoms with Gasteiger partial charge in [0.15, 0.2) is 0 Å². The molecule has 0 radical (unpaired) electrons. The molecule has 0 aliphatic carbocycles. The Morgan fingerprint density at radius 3 is 2.64 bits per heavy atom. The lowest BCUT2D eigenvalue weighted by atomic mass is 10.2. The van der Waals surface area contributed by atoms with Gasteiger partial charge in [-0.2, -0.15) is 0 Å². The Balaban J connectivity index is 2.51. The number of nitrogens with zero attached hydrogens (tertiary/aromatic N) is 2. The van der Waals surface area contributed by atoms with Crippen LogP contribution in [0.2, 0.25) is 0 Å². The minimum atomic E-state index is -0.0759. The molecule has 0 atom stereocenters. The number of amides is 1. The third-order valence-electron chi connectivity index (χ3n) is 3.64. The lowest BCUT2D eigenvalue weighted by molar-refractivity contribution is -0.117. The van der Waals surface area contributed by atoms with E-state index in [9.17, 15) is 4.79 Å². The molecule has 0 fully saturated rings. The van der Waals surface area contributed by atoms with Gasteiger partial charge >= 0.3 is 0 Å². The minimum Gasteiger partial charge on any atom is -0.381 e. The standard InChI is InChI=1S/C16H29N3O3/c1-5-8-10-21-11-9-14-13(4)18-22-16(14)17-15(20)12-19(6-2)7-3/h5-12H2,1-4H3,(H,17,20). The molecule has 0 spiro atoms. The van der Waals surface area contributed by atoms with Crippen LogP contribution in [0.3, 0.4) is 0 Å². The van der Waals surface area contributed by atoms with Gasteiger partial charge in [0.25, 0.3) is 0 Å². The molecule has 1 aromatic rings. The van der Waals surface area contributed by atoms with Crippen molar-refractivity contribution in [2.24, 2.45) is 0 Å². The van der Waals surface area contributed by atoms with Gasteiger partial charge < -0.3 is 9.26 Å². The zero-order valence-electron chi connectivity index (χ0n) is 14.3. The maximum atomic E-state index is 12.0. The van der Waals surface area contributed by atoms with E-state index in [1.54, 1.807) is 0 Å². The van der Waals surface area contributed by atoms with E-state index in [-0.39, 0.29) is 5.91 Å². The predicted molar refractivity (Wildman–Crippen MR) is 87.1 cm³/mol. The van der Waals surface area contributed by atoms with Crippen molar-refractivity contribution in [3.05, 3.63) is 11.3 Å². The van der Waals surface area contributed by atoms with Crippen molar-refractivity contribution in [2.75, 3.05) is 38.2 Å². The number of carbonyl (C=O) groups is 1. The summed E-state index contributed by atoms with van der Waals surface area (Å²) in [6, 6.07) is 0. The van der Waals surface area contributed by atoms with Crippen LogP contribution in [0.5, 0.6) is 0 Å². The molecule has 0 aliphatic heterocycles. The van der Waals surface area contributed by atoms with Crippen LogP contribution in [0.1, 0.15) is 44.9 Å². The summed E-state index contributed by atoms with van der Waals surface area (Å²) in [6.45, 7) is 11.5. The number of ether oxygens (including phenoxy) is 1. The molecule has 22 heavy (non-hydrogen) atoms. The minimum absolute atomic E-state index is 0.0759. The quantitative estimate of drug-likeness (QED) is 0.636. The summed E-state index contributed by atoms with van der Waals surface area (Å²) in [7, 11) is 0. The van der Waals surface area contributed by atoms with E-state index in [1.807, 2.05) is 25.7 Å². The Hall–Kier alpha value is -1.40. The molecule has 0 saturated carbocycles. The zero-order chi connectivity index (χ0) is 16.4. The normalized spacial score (nSPS) is 11.1. The highest BCUT2D eigenvalue weighted by Gasteiger charge is 2.16. The summed E-state index contributed by atoms with van der Waals surface area (Å²) < 4.78 is 10.8. The van der Waals surface area contributed by atoms with Gasteiger partial charge in [-0.25, -0.2) is 0 Å². The number of aromatic nitrogens is 1. The summed E-state index contributed by atoms with van der Waals surface area (Å²) in [4.78, 5) is 14.1. The third kappa shape index (κ3) is 6.15. The van der Waals surface area contributed by atoms with E-state index in [2.05, 4.69) is 17.4 Å². The van der Waals surface area contributed by atoms with Crippen LogP contribution in [-0.4, -0.2) is 48.8 Å². The van der Waals surface area contributed by atoms with E-state index >= 15 is 0 Å². The molecule has 1 rings (SSSR count). The molecule has 126 valence electrons. The second kappa shape index (κ2) is 10.3. The molecule has 6 nitrogen and oxygen atoms in total. The van der Waals surface area contributed by atoms with E-state index in [0.29, 0.717) is 25.5 Å². The third-order valence-corrected chi connectivity index (χ3v) is 3.64.